The first-order chi connectivity index (χ1) is 8.83. The molecule has 0 saturated heterocycles. The lowest BCUT2D eigenvalue weighted by molar-refractivity contribution is 0.101. The zero-order chi connectivity index (χ0) is 12.4. The van der Waals surface area contributed by atoms with Crippen LogP contribution in [-0.4, -0.2) is 24.3 Å². The lowest BCUT2D eigenvalue weighted by Crippen LogP contribution is -2.16. The number of ether oxygens (including phenoxy) is 2. The quantitative estimate of drug-likeness (QED) is 0.872. The average molecular weight is 246 g/mol. The van der Waals surface area contributed by atoms with E-state index < -0.39 is 0 Å². The van der Waals surface area contributed by atoms with E-state index in [9.17, 15) is 4.79 Å². The van der Waals surface area contributed by atoms with Crippen molar-refractivity contribution in [3.8, 4) is 11.5 Å². The number of rotatable bonds is 2. The van der Waals surface area contributed by atoms with Crippen molar-refractivity contribution in [3.63, 3.8) is 0 Å². The van der Waals surface area contributed by atoms with Gasteiger partial charge >= 0.3 is 0 Å². The number of hydrogen-bond acceptors (Lipinski definition) is 5. The number of carbonyl (C=O) groups excluding carboxylic acids is 1. The monoisotopic (exact) mass is 246 g/mol. The van der Waals surface area contributed by atoms with Crippen LogP contribution in [0.5, 0.6) is 11.5 Å². The van der Waals surface area contributed by atoms with Crippen molar-refractivity contribution < 1.29 is 18.8 Å². The molecule has 0 fully saturated rings. The highest BCUT2D eigenvalue weighted by Gasteiger charge is 2.14. The van der Waals surface area contributed by atoms with E-state index in [0.717, 1.165) is 0 Å². The molecule has 2 heterocycles. The van der Waals surface area contributed by atoms with Gasteiger partial charge in [0.25, 0.3) is 5.91 Å². The molecule has 1 aliphatic heterocycles. The summed E-state index contributed by atoms with van der Waals surface area (Å²) in [6.07, 6.45) is 1.35. The third-order valence-corrected chi connectivity index (χ3v) is 2.47. The van der Waals surface area contributed by atoms with E-state index in [-0.39, 0.29) is 11.6 Å². The van der Waals surface area contributed by atoms with Crippen molar-refractivity contribution in [3.05, 3.63) is 36.2 Å². The van der Waals surface area contributed by atoms with Crippen LogP contribution in [0.1, 0.15) is 10.5 Å². The molecule has 0 unspecified atom stereocenters. The van der Waals surface area contributed by atoms with Crippen molar-refractivity contribution in [2.24, 2.45) is 0 Å². The van der Waals surface area contributed by atoms with Gasteiger partial charge in [-0.2, -0.15) is 0 Å². The van der Waals surface area contributed by atoms with Crippen LogP contribution >= 0.6 is 0 Å². The van der Waals surface area contributed by atoms with E-state index in [0.29, 0.717) is 30.4 Å². The predicted molar refractivity (Wildman–Crippen MR) is 61.9 cm³/mol. The molecule has 1 aromatic carbocycles. The Labute approximate surface area is 102 Å². The molecule has 18 heavy (non-hydrogen) atoms. The van der Waals surface area contributed by atoms with Crippen LogP contribution in [-0.2, 0) is 0 Å². The van der Waals surface area contributed by atoms with Crippen molar-refractivity contribution in [2.75, 3.05) is 18.5 Å². The first-order valence-corrected chi connectivity index (χ1v) is 5.44. The predicted octanol–water partition coefficient (Wildman–Crippen LogP) is 1.70. The SMILES string of the molecule is O=C(Nc1ccc2c(c1)OCCO2)c1ccon1. The third-order valence-electron chi connectivity index (χ3n) is 2.47. The van der Waals surface area contributed by atoms with Gasteiger partial charge in [-0.1, -0.05) is 5.16 Å². The maximum Gasteiger partial charge on any atom is 0.277 e. The van der Waals surface area contributed by atoms with E-state index in [1.165, 1.54) is 12.3 Å². The van der Waals surface area contributed by atoms with Crippen molar-refractivity contribution in [2.45, 2.75) is 0 Å². The largest absolute Gasteiger partial charge is 0.486 e. The lowest BCUT2D eigenvalue weighted by Gasteiger charge is -2.18. The number of fused-ring (bicyclic) bond motifs is 1. The number of nitrogens with one attached hydrogen (secondary N) is 1. The first-order valence-electron chi connectivity index (χ1n) is 5.44. The van der Waals surface area contributed by atoms with Gasteiger partial charge in [0.05, 0.1) is 0 Å². The second-order valence-electron chi connectivity index (χ2n) is 3.70. The van der Waals surface area contributed by atoms with Gasteiger partial charge in [0.2, 0.25) is 0 Å². The number of benzene rings is 1. The molecule has 0 bridgehead atoms. The van der Waals surface area contributed by atoms with Crippen molar-refractivity contribution >= 4 is 11.6 Å². The molecule has 1 aliphatic rings. The van der Waals surface area contributed by atoms with E-state index in [1.54, 1.807) is 18.2 Å². The standard InChI is InChI=1S/C12H10N2O4/c15-12(9-3-4-18-14-9)13-8-1-2-10-11(7-8)17-6-5-16-10/h1-4,7H,5-6H2,(H,13,15). The molecule has 6 nitrogen and oxygen atoms in total. The smallest absolute Gasteiger partial charge is 0.277 e. The second kappa shape index (κ2) is 4.40. The molecule has 0 radical (unpaired) electrons. The first kappa shape index (κ1) is 10.6. The van der Waals surface area contributed by atoms with Crippen LogP contribution in [0, 0.1) is 0 Å². The normalized spacial score (nSPS) is 13.1. The van der Waals surface area contributed by atoms with E-state index in [1.807, 2.05) is 0 Å². The molecule has 0 spiro atoms. The van der Waals surface area contributed by atoms with Gasteiger partial charge in [-0.05, 0) is 12.1 Å². The van der Waals surface area contributed by atoms with Gasteiger partial charge < -0.3 is 19.3 Å². The Kier molecular flexibility index (Phi) is 2.60. The Balaban J connectivity index is 1.79. The highest BCUT2D eigenvalue weighted by molar-refractivity contribution is 6.02. The van der Waals surface area contributed by atoms with E-state index in [4.69, 9.17) is 9.47 Å². The average Bonchev–Trinajstić information content (AvgIpc) is 2.92. The fourth-order valence-electron chi connectivity index (χ4n) is 1.65. The highest BCUT2D eigenvalue weighted by Crippen LogP contribution is 2.32. The molecule has 1 aromatic heterocycles. The second-order valence-corrected chi connectivity index (χ2v) is 3.70. The minimum Gasteiger partial charge on any atom is -0.486 e. The minimum atomic E-state index is -0.333. The van der Waals surface area contributed by atoms with Gasteiger partial charge in [-0.25, -0.2) is 0 Å². The molecule has 1 amide bonds. The van der Waals surface area contributed by atoms with Crippen LogP contribution in [0.25, 0.3) is 0 Å². The third kappa shape index (κ3) is 2.00. The highest BCUT2D eigenvalue weighted by atomic mass is 16.6. The van der Waals surface area contributed by atoms with Crippen molar-refractivity contribution in [1.29, 1.82) is 0 Å². The van der Waals surface area contributed by atoms with Crippen LogP contribution < -0.4 is 14.8 Å². The molecular weight excluding hydrogens is 236 g/mol. The number of hydrogen-bond donors (Lipinski definition) is 1. The fourth-order valence-corrected chi connectivity index (χ4v) is 1.65. The van der Waals surface area contributed by atoms with Crippen LogP contribution in [0.2, 0.25) is 0 Å². The molecule has 1 N–H and O–H groups in total. The Morgan fingerprint density at radius 2 is 2.00 bits per heavy atom. The summed E-state index contributed by atoms with van der Waals surface area (Å²) in [6.45, 7) is 1.05. The van der Waals surface area contributed by atoms with Crippen LogP contribution in [0.4, 0.5) is 5.69 Å². The summed E-state index contributed by atoms with van der Waals surface area (Å²) in [6, 6.07) is 6.71. The molecule has 2 aromatic rings. The maximum absolute atomic E-state index is 11.7. The molecule has 0 saturated carbocycles. The summed E-state index contributed by atoms with van der Waals surface area (Å²) in [5.74, 6) is 0.973. The van der Waals surface area contributed by atoms with Gasteiger partial charge in [0.1, 0.15) is 19.5 Å². The Morgan fingerprint density at radius 3 is 2.78 bits per heavy atom. The Bertz CT molecular complexity index is 565. The molecule has 0 aliphatic carbocycles. The van der Waals surface area contributed by atoms with Crippen LogP contribution in [0.15, 0.2) is 35.1 Å². The van der Waals surface area contributed by atoms with E-state index >= 15 is 0 Å². The molecule has 92 valence electrons. The molecule has 3 rings (SSSR count). The zero-order valence-electron chi connectivity index (χ0n) is 9.38. The molecular formula is C12H10N2O4. The van der Waals surface area contributed by atoms with Gasteiger partial charge in [-0.3, -0.25) is 4.79 Å². The number of amides is 1. The van der Waals surface area contributed by atoms with Crippen molar-refractivity contribution in [1.82, 2.24) is 5.16 Å². The number of anilines is 1. The Hall–Kier alpha value is -2.50. The molecule has 0 atom stereocenters. The fraction of sp³-hybridized carbons (Fsp3) is 0.167. The summed E-state index contributed by atoms with van der Waals surface area (Å²) in [4.78, 5) is 11.7. The Morgan fingerprint density at radius 1 is 1.17 bits per heavy atom. The maximum atomic E-state index is 11.7. The zero-order valence-corrected chi connectivity index (χ0v) is 9.38. The number of carbonyl (C=O) groups is 1. The topological polar surface area (TPSA) is 73.6 Å². The lowest BCUT2D eigenvalue weighted by atomic mass is 10.2. The summed E-state index contributed by atoms with van der Waals surface area (Å²) in [7, 11) is 0. The summed E-state index contributed by atoms with van der Waals surface area (Å²) < 4.78 is 15.4. The van der Waals surface area contributed by atoms with Crippen LogP contribution in [0.3, 0.4) is 0 Å². The summed E-state index contributed by atoms with van der Waals surface area (Å²) in [5.41, 5.74) is 0.845. The minimum absolute atomic E-state index is 0.227. The van der Waals surface area contributed by atoms with Gasteiger partial charge in [-0.15, -0.1) is 0 Å². The summed E-state index contributed by atoms with van der Waals surface area (Å²) in [5, 5.41) is 6.25. The number of aromatic nitrogens is 1. The summed E-state index contributed by atoms with van der Waals surface area (Å²) >= 11 is 0. The van der Waals surface area contributed by atoms with Gasteiger partial charge in [0.15, 0.2) is 17.2 Å². The van der Waals surface area contributed by atoms with Gasteiger partial charge in [0, 0.05) is 17.8 Å². The van der Waals surface area contributed by atoms with E-state index in [2.05, 4.69) is 15.0 Å². The molecule has 6 heteroatoms. The number of nitrogens with zero attached hydrogens (tertiary/aromatic N) is 1.